The minimum Gasteiger partial charge on any atom is -0.348 e. The molecule has 27 heavy (non-hydrogen) atoms. The van der Waals surface area contributed by atoms with Crippen LogP contribution in [0.2, 0.25) is 5.02 Å². The molecule has 1 aromatic heterocycles. The summed E-state index contributed by atoms with van der Waals surface area (Å²) in [5.74, 6) is -0.280. The number of carbonyl (C=O) groups excluding carboxylic acids is 1. The predicted octanol–water partition coefficient (Wildman–Crippen LogP) is 3.17. The summed E-state index contributed by atoms with van der Waals surface area (Å²) in [7, 11) is -3.29. The largest absolute Gasteiger partial charge is 0.348 e. The van der Waals surface area contributed by atoms with Crippen LogP contribution in [0.4, 0.5) is 0 Å². The minimum absolute atomic E-state index is 0.216. The van der Waals surface area contributed by atoms with Gasteiger partial charge in [-0.15, -0.1) is 0 Å². The molecule has 2 aromatic carbocycles. The molecule has 3 rings (SSSR count). The van der Waals surface area contributed by atoms with Gasteiger partial charge in [0.15, 0.2) is 9.84 Å². The maximum Gasteiger partial charge on any atom is 0.255 e. The highest BCUT2D eigenvalue weighted by atomic mass is 35.5. The molecule has 0 aliphatic rings. The predicted molar refractivity (Wildman–Crippen MR) is 104 cm³/mol. The van der Waals surface area contributed by atoms with Gasteiger partial charge in [-0.05, 0) is 48.9 Å². The molecule has 0 aliphatic carbocycles. The Morgan fingerprint density at radius 2 is 1.89 bits per heavy atom. The molecular formula is C19H18ClN3O3S. The molecule has 8 heteroatoms. The van der Waals surface area contributed by atoms with Crippen LogP contribution < -0.4 is 5.32 Å². The standard InChI is InChI=1S/C19H18ClN3O3S/c1-13-18(12-22-23(13)16-8-6-15(20)7-9-16)19(24)21-11-14-4-3-5-17(10-14)27(2,25)26/h3-10,12H,11H2,1-2H3,(H,21,24). The topological polar surface area (TPSA) is 81.1 Å². The SMILES string of the molecule is Cc1c(C(=O)NCc2cccc(S(C)(=O)=O)c2)cnn1-c1ccc(Cl)cc1. The van der Waals surface area contributed by atoms with Gasteiger partial charge >= 0.3 is 0 Å². The summed E-state index contributed by atoms with van der Waals surface area (Å²) in [5, 5.41) is 7.70. The van der Waals surface area contributed by atoms with Gasteiger partial charge in [0.25, 0.3) is 5.91 Å². The van der Waals surface area contributed by atoms with E-state index in [4.69, 9.17) is 11.6 Å². The number of hydrogen-bond acceptors (Lipinski definition) is 4. The highest BCUT2D eigenvalue weighted by Gasteiger charge is 2.15. The van der Waals surface area contributed by atoms with Gasteiger partial charge in [0.2, 0.25) is 0 Å². The normalized spacial score (nSPS) is 11.4. The fourth-order valence-corrected chi connectivity index (χ4v) is 3.46. The van der Waals surface area contributed by atoms with E-state index in [0.29, 0.717) is 21.8 Å². The number of carbonyl (C=O) groups is 1. The molecule has 0 spiro atoms. The fraction of sp³-hybridized carbons (Fsp3) is 0.158. The molecule has 0 radical (unpaired) electrons. The molecule has 0 saturated carbocycles. The van der Waals surface area contributed by atoms with E-state index in [2.05, 4.69) is 10.4 Å². The Kier molecular flexibility index (Phi) is 5.34. The van der Waals surface area contributed by atoms with Crippen molar-refractivity contribution in [2.75, 3.05) is 6.26 Å². The number of sulfone groups is 1. The molecule has 6 nitrogen and oxygen atoms in total. The van der Waals surface area contributed by atoms with Gasteiger partial charge in [-0.2, -0.15) is 5.10 Å². The Hall–Kier alpha value is -2.64. The van der Waals surface area contributed by atoms with E-state index in [-0.39, 0.29) is 17.3 Å². The van der Waals surface area contributed by atoms with Crippen molar-refractivity contribution in [3.63, 3.8) is 0 Å². The first kappa shape index (κ1) is 19.1. The first-order valence-electron chi connectivity index (χ1n) is 8.13. The smallest absolute Gasteiger partial charge is 0.255 e. The van der Waals surface area contributed by atoms with Crippen molar-refractivity contribution < 1.29 is 13.2 Å². The Morgan fingerprint density at radius 1 is 1.19 bits per heavy atom. The van der Waals surface area contributed by atoms with E-state index in [0.717, 1.165) is 11.9 Å². The molecule has 0 unspecified atom stereocenters. The third-order valence-electron chi connectivity index (χ3n) is 4.11. The second kappa shape index (κ2) is 7.54. The quantitative estimate of drug-likeness (QED) is 0.709. The maximum atomic E-state index is 12.5. The Balaban J connectivity index is 1.75. The number of rotatable bonds is 5. The van der Waals surface area contributed by atoms with Crippen LogP contribution in [-0.4, -0.2) is 30.4 Å². The fourth-order valence-electron chi connectivity index (χ4n) is 2.64. The van der Waals surface area contributed by atoms with Crippen LogP contribution in [-0.2, 0) is 16.4 Å². The van der Waals surface area contributed by atoms with Crippen molar-refractivity contribution in [3.05, 3.63) is 76.6 Å². The molecule has 3 aromatic rings. The number of aromatic nitrogens is 2. The highest BCUT2D eigenvalue weighted by molar-refractivity contribution is 7.90. The van der Waals surface area contributed by atoms with Gasteiger partial charge in [-0.25, -0.2) is 13.1 Å². The summed E-state index contributed by atoms with van der Waals surface area (Å²) in [4.78, 5) is 12.7. The van der Waals surface area contributed by atoms with E-state index < -0.39 is 9.84 Å². The lowest BCUT2D eigenvalue weighted by Crippen LogP contribution is -2.23. The van der Waals surface area contributed by atoms with E-state index in [1.165, 1.54) is 12.3 Å². The summed E-state index contributed by atoms with van der Waals surface area (Å²) in [6, 6.07) is 13.7. The van der Waals surface area contributed by atoms with Gasteiger partial charge in [-0.1, -0.05) is 23.7 Å². The van der Waals surface area contributed by atoms with Gasteiger partial charge < -0.3 is 5.32 Å². The van der Waals surface area contributed by atoms with E-state index in [9.17, 15) is 13.2 Å². The Bertz CT molecular complexity index is 1090. The summed E-state index contributed by atoms with van der Waals surface area (Å²) in [6.45, 7) is 2.02. The van der Waals surface area contributed by atoms with E-state index >= 15 is 0 Å². The lowest BCUT2D eigenvalue weighted by Gasteiger charge is -2.08. The summed E-state index contributed by atoms with van der Waals surface area (Å²) < 4.78 is 24.9. The zero-order valence-electron chi connectivity index (χ0n) is 14.8. The Morgan fingerprint density at radius 3 is 2.56 bits per heavy atom. The van der Waals surface area contributed by atoms with Crippen molar-refractivity contribution >= 4 is 27.3 Å². The molecule has 0 bridgehead atoms. The van der Waals surface area contributed by atoms with E-state index in [1.807, 2.05) is 12.1 Å². The Labute approximate surface area is 162 Å². The third kappa shape index (κ3) is 4.37. The first-order valence-corrected chi connectivity index (χ1v) is 10.4. The maximum absolute atomic E-state index is 12.5. The number of nitrogens with one attached hydrogen (secondary N) is 1. The van der Waals surface area contributed by atoms with Gasteiger partial charge in [-0.3, -0.25) is 4.79 Å². The van der Waals surface area contributed by atoms with Crippen LogP contribution in [0.1, 0.15) is 21.6 Å². The monoisotopic (exact) mass is 403 g/mol. The molecule has 0 fully saturated rings. The number of halogens is 1. The number of amides is 1. The zero-order chi connectivity index (χ0) is 19.6. The highest BCUT2D eigenvalue weighted by Crippen LogP contribution is 2.17. The van der Waals surface area contributed by atoms with Gasteiger partial charge in [0.1, 0.15) is 0 Å². The number of nitrogens with zero attached hydrogens (tertiary/aromatic N) is 2. The van der Waals surface area contributed by atoms with Gasteiger partial charge in [0.05, 0.1) is 28.0 Å². The third-order valence-corrected chi connectivity index (χ3v) is 5.47. The van der Waals surface area contributed by atoms with Crippen LogP contribution in [0.15, 0.2) is 59.6 Å². The van der Waals surface area contributed by atoms with Crippen LogP contribution in [0.3, 0.4) is 0 Å². The van der Waals surface area contributed by atoms with Crippen LogP contribution in [0.25, 0.3) is 5.69 Å². The van der Waals surface area contributed by atoms with Crippen molar-refractivity contribution in [2.45, 2.75) is 18.4 Å². The molecule has 1 amide bonds. The number of benzene rings is 2. The average Bonchev–Trinajstić information content (AvgIpc) is 3.01. The summed E-state index contributed by atoms with van der Waals surface area (Å²) in [5.41, 5.74) is 2.65. The molecule has 1 heterocycles. The summed E-state index contributed by atoms with van der Waals surface area (Å²) in [6.07, 6.45) is 2.66. The second-order valence-electron chi connectivity index (χ2n) is 6.13. The molecule has 0 aliphatic heterocycles. The van der Waals surface area contributed by atoms with Crippen LogP contribution in [0.5, 0.6) is 0 Å². The number of hydrogen-bond donors (Lipinski definition) is 1. The second-order valence-corrected chi connectivity index (χ2v) is 8.59. The van der Waals surface area contributed by atoms with Crippen LogP contribution >= 0.6 is 11.6 Å². The van der Waals surface area contributed by atoms with E-state index in [1.54, 1.807) is 41.9 Å². The summed E-state index contributed by atoms with van der Waals surface area (Å²) >= 11 is 5.90. The van der Waals surface area contributed by atoms with Crippen molar-refractivity contribution in [3.8, 4) is 5.69 Å². The van der Waals surface area contributed by atoms with Crippen molar-refractivity contribution in [1.29, 1.82) is 0 Å². The van der Waals surface area contributed by atoms with Crippen LogP contribution in [0, 0.1) is 6.92 Å². The minimum atomic E-state index is -3.29. The average molecular weight is 404 g/mol. The van der Waals surface area contributed by atoms with Gasteiger partial charge in [0, 0.05) is 17.8 Å². The zero-order valence-corrected chi connectivity index (χ0v) is 16.4. The first-order chi connectivity index (χ1) is 12.8. The molecule has 1 N–H and O–H groups in total. The lowest BCUT2D eigenvalue weighted by atomic mass is 10.2. The molecule has 140 valence electrons. The molecule has 0 saturated heterocycles. The molecular weight excluding hydrogens is 386 g/mol. The lowest BCUT2D eigenvalue weighted by molar-refractivity contribution is 0.0950. The molecule has 0 atom stereocenters. The van der Waals surface area contributed by atoms with Crippen molar-refractivity contribution in [2.24, 2.45) is 0 Å². The van der Waals surface area contributed by atoms with Crippen molar-refractivity contribution in [1.82, 2.24) is 15.1 Å².